The van der Waals surface area contributed by atoms with Gasteiger partial charge in [0.1, 0.15) is 11.8 Å². The fourth-order valence-corrected chi connectivity index (χ4v) is 5.37. The molecule has 9 heteroatoms. The minimum atomic E-state index is -0.929. The number of rotatable bonds is 9. The molecular formula is C25H29N3O5S. The van der Waals surface area contributed by atoms with Gasteiger partial charge in [0, 0.05) is 17.8 Å². The van der Waals surface area contributed by atoms with Crippen molar-refractivity contribution in [2.45, 2.75) is 50.9 Å². The minimum Gasteiger partial charge on any atom is -0.490 e. The zero-order chi connectivity index (χ0) is 24.1. The van der Waals surface area contributed by atoms with E-state index in [1.165, 1.54) is 11.3 Å². The number of amides is 1. The van der Waals surface area contributed by atoms with E-state index in [0.717, 1.165) is 52.6 Å². The van der Waals surface area contributed by atoms with Crippen LogP contribution >= 0.6 is 11.3 Å². The Balaban J connectivity index is 1.23. The number of thiophene rings is 1. The first-order chi connectivity index (χ1) is 16.4. The molecule has 1 heterocycles. The van der Waals surface area contributed by atoms with Crippen LogP contribution < -0.4 is 21.3 Å². The van der Waals surface area contributed by atoms with Gasteiger partial charge in [0.05, 0.1) is 11.0 Å². The molecule has 4 rings (SSSR count). The standard InChI is InChI=1S/C25H29N3O5S/c26-23(25(30)31)17-5-9-20(10-6-17)33-19-7-2-15(3-8-19)13-27-14-16-1-4-18-12-22(24(29)28-32)34-21(18)11-16/h1-4,7-8,11-12,17,20,23,27,32H,5-6,9-10,13-14,26H2,(H,28,29)(H,30,31)/t17?,20?,23-/m0/s1. The molecule has 1 amide bonds. The summed E-state index contributed by atoms with van der Waals surface area (Å²) in [6, 6.07) is 15.1. The van der Waals surface area contributed by atoms with Crippen molar-refractivity contribution in [3.63, 3.8) is 0 Å². The number of fused-ring (bicyclic) bond motifs is 1. The van der Waals surface area contributed by atoms with Gasteiger partial charge in [0.15, 0.2) is 0 Å². The number of nitrogens with two attached hydrogens (primary N) is 1. The molecule has 0 spiro atoms. The predicted molar refractivity (Wildman–Crippen MR) is 130 cm³/mol. The highest BCUT2D eigenvalue weighted by Gasteiger charge is 2.30. The number of hydrogen-bond donors (Lipinski definition) is 5. The van der Waals surface area contributed by atoms with E-state index in [1.807, 2.05) is 36.4 Å². The van der Waals surface area contributed by atoms with Crippen LogP contribution in [0.25, 0.3) is 10.1 Å². The molecule has 180 valence electrons. The zero-order valence-electron chi connectivity index (χ0n) is 18.7. The summed E-state index contributed by atoms with van der Waals surface area (Å²) in [6.45, 7) is 1.40. The molecule has 1 aliphatic carbocycles. The van der Waals surface area contributed by atoms with Gasteiger partial charge in [-0.1, -0.05) is 24.3 Å². The average molecular weight is 484 g/mol. The maximum atomic E-state index is 11.6. The molecule has 1 fully saturated rings. The number of hydrogen-bond acceptors (Lipinski definition) is 7. The van der Waals surface area contributed by atoms with Crippen LogP contribution in [0.2, 0.25) is 0 Å². The van der Waals surface area contributed by atoms with E-state index in [4.69, 9.17) is 20.8 Å². The van der Waals surface area contributed by atoms with Crippen LogP contribution in [0.1, 0.15) is 46.5 Å². The predicted octanol–water partition coefficient (Wildman–Crippen LogP) is 3.66. The first-order valence-electron chi connectivity index (χ1n) is 11.3. The Kier molecular flexibility index (Phi) is 7.79. The van der Waals surface area contributed by atoms with Gasteiger partial charge >= 0.3 is 5.97 Å². The third kappa shape index (κ3) is 5.92. The highest BCUT2D eigenvalue weighted by Crippen LogP contribution is 2.30. The van der Waals surface area contributed by atoms with Crippen LogP contribution in [-0.4, -0.2) is 34.3 Å². The summed E-state index contributed by atoms with van der Waals surface area (Å²) < 4.78 is 7.09. The number of carbonyl (C=O) groups is 2. The summed E-state index contributed by atoms with van der Waals surface area (Å²) in [6.07, 6.45) is 3.27. The molecule has 34 heavy (non-hydrogen) atoms. The highest BCUT2D eigenvalue weighted by atomic mass is 32.1. The molecule has 0 radical (unpaired) electrons. The van der Waals surface area contributed by atoms with Crippen LogP contribution in [0.3, 0.4) is 0 Å². The molecule has 0 unspecified atom stereocenters. The maximum absolute atomic E-state index is 11.6. The number of carboxylic acid groups (broad SMARTS) is 1. The van der Waals surface area contributed by atoms with Crippen molar-refractivity contribution in [1.29, 1.82) is 0 Å². The highest BCUT2D eigenvalue weighted by molar-refractivity contribution is 7.20. The molecule has 3 aromatic rings. The number of hydroxylamine groups is 1. The monoisotopic (exact) mass is 483 g/mol. The Labute approximate surface area is 201 Å². The van der Waals surface area contributed by atoms with E-state index in [-0.39, 0.29) is 12.0 Å². The lowest BCUT2D eigenvalue weighted by atomic mass is 9.83. The number of carbonyl (C=O) groups excluding carboxylic acids is 1. The summed E-state index contributed by atoms with van der Waals surface area (Å²) >= 11 is 1.35. The van der Waals surface area contributed by atoms with Crippen molar-refractivity contribution < 1.29 is 24.6 Å². The Hall–Kier alpha value is -2.98. The van der Waals surface area contributed by atoms with Crippen molar-refractivity contribution in [1.82, 2.24) is 10.8 Å². The molecule has 2 aromatic carbocycles. The lowest BCUT2D eigenvalue weighted by molar-refractivity contribution is -0.140. The van der Waals surface area contributed by atoms with Crippen LogP contribution in [0.5, 0.6) is 5.75 Å². The molecule has 6 N–H and O–H groups in total. The van der Waals surface area contributed by atoms with Crippen molar-refractivity contribution in [3.8, 4) is 5.75 Å². The molecule has 1 saturated carbocycles. The summed E-state index contributed by atoms with van der Waals surface area (Å²) in [5.74, 6) is -0.584. The summed E-state index contributed by atoms with van der Waals surface area (Å²) in [5.41, 5.74) is 9.68. The van der Waals surface area contributed by atoms with Gasteiger partial charge in [0.25, 0.3) is 5.91 Å². The topological polar surface area (TPSA) is 134 Å². The summed E-state index contributed by atoms with van der Waals surface area (Å²) in [5, 5.41) is 22.3. The first kappa shape index (κ1) is 24.2. The largest absolute Gasteiger partial charge is 0.490 e. The molecule has 0 aliphatic heterocycles. The van der Waals surface area contributed by atoms with Crippen LogP contribution in [0.15, 0.2) is 48.5 Å². The molecular weight excluding hydrogens is 454 g/mol. The third-order valence-electron chi connectivity index (χ3n) is 6.31. The van der Waals surface area contributed by atoms with Gasteiger partial charge < -0.3 is 20.9 Å². The van der Waals surface area contributed by atoms with Crippen LogP contribution in [0.4, 0.5) is 0 Å². The molecule has 1 aliphatic rings. The fraction of sp³-hybridized carbons (Fsp3) is 0.360. The van der Waals surface area contributed by atoms with Crippen LogP contribution in [-0.2, 0) is 17.9 Å². The molecule has 1 aromatic heterocycles. The lowest BCUT2D eigenvalue weighted by Gasteiger charge is -2.30. The SMILES string of the molecule is N[C@H](C(=O)O)C1CCC(Oc2ccc(CNCc3ccc4cc(C(=O)NO)sc4c3)cc2)CC1. The Morgan fingerprint density at radius 1 is 1.03 bits per heavy atom. The van der Waals surface area contributed by atoms with Crippen molar-refractivity contribution in [2.75, 3.05) is 0 Å². The van der Waals surface area contributed by atoms with E-state index in [0.29, 0.717) is 18.0 Å². The Morgan fingerprint density at radius 2 is 1.71 bits per heavy atom. The Morgan fingerprint density at radius 3 is 2.38 bits per heavy atom. The fourth-order valence-electron chi connectivity index (χ4n) is 4.35. The average Bonchev–Trinajstić information content (AvgIpc) is 3.28. The second-order valence-electron chi connectivity index (χ2n) is 8.69. The minimum absolute atomic E-state index is 0.0217. The number of ether oxygens (including phenoxy) is 1. The molecule has 0 saturated heterocycles. The third-order valence-corrected chi connectivity index (χ3v) is 7.40. The summed E-state index contributed by atoms with van der Waals surface area (Å²) in [7, 11) is 0. The maximum Gasteiger partial charge on any atom is 0.320 e. The van der Waals surface area contributed by atoms with Crippen molar-refractivity contribution in [2.24, 2.45) is 11.7 Å². The van der Waals surface area contributed by atoms with Gasteiger partial charge in [0.2, 0.25) is 0 Å². The number of nitrogens with one attached hydrogen (secondary N) is 2. The Bertz CT molecular complexity index is 1140. The van der Waals surface area contributed by atoms with Gasteiger partial charge in [-0.25, -0.2) is 5.48 Å². The zero-order valence-corrected chi connectivity index (χ0v) is 19.5. The van der Waals surface area contributed by atoms with E-state index in [9.17, 15) is 9.59 Å². The number of carboxylic acids is 1. The number of aliphatic carboxylic acids is 1. The van der Waals surface area contributed by atoms with Gasteiger partial charge in [-0.05, 0) is 72.4 Å². The molecule has 8 nitrogen and oxygen atoms in total. The van der Waals surface area contributed by atoms with E-state index in [2.05, 4.69) is 11.4 Å². The van der Waals surface area contributed by atoms with Gasteiger partial charge in [-0.15, -0.1) is 11.3 Å². The molecule has 1 atom stereocenters. The second kappa shape index (κ2) is 11.0. The van der Waals surface area contributed by atoms with Crippen molar-refractivity contribution >= 4 is 33.3 Å². The normalized spacial score (nSPS) is 19.0. The first-order valence-corrected chi connectivity index (χ1v) is 12.2. The lowest BCUT2D eigenvalue weighted by Crippen LogP contribution is -2.41. The number of benzene rings is 2. The van der Waals surface area contributed by atoms with E-state index in [1.54, 1.807) is 11.5 Å². The second-order valence-corrected chi connectivity index (χ2v) is 9.77. The van der Waals surface area contributed by atoms with E-state index < -0.39 is 17.9 Å². The van der Waals surface area contributed by atoms with Crippen LogP contribution in [0, 0.1) is 5.92 Å². The van der Waals surface area contributed by atoms with Gasteiger partial charge in [-0.3, -0.25) is 14.8 Å². The van der Waals surface area contributed by atoms with Gasteiger partial charge in [-0.2, -0.15) is 0 Å². The smallest absolute Gasteiger partial charge is 0.320 e. The van der Waals surface area contributed by atoms with E-state index >= 15 is 0 Å². The summed E-state index contributed by atoms with van der Waals surface area (Å²) in [4.78, 5) is 23.1. The van der Waals surface area contributed by atoms with Crippen molar-refractivity contribution in [3.05, 3.63) is 64.5 Å². The molecule has 0 bridgehead atoms. The quantitative estimate of drug-likeness (QED) is 0.232.